The van der Waals surface area contributed by atoms with Crippen molar-refractivity contribution in [2.45, 2.75) is 82.9 Å². The molecule has 168 valence electrons. The summed E-state index contributed by atoms with van der Waals surface area (Å²) in [4.78, 5) is 0. The van der Waals surface area contributed by atoms with Crippen LogP contribution in [0.15, 0.2) is 12.7 Å². The maximum absolute atomic E-state index is 13.9. The molecule has 0 fully saturated rings. The van der Waals surface area contributed by atoms with Crippen molar-refractivity contribution in [3.63, 3.8) is 0 Å². The molecule has 28 heavy (non-hydrogen) atoms. The van der Waals surface area contributed by atoms with E-state index in [0.717, 1.165) is 25.1 Å². The van der Waals surface area contributed by atoms with E-state index in [-0.39, 0.29) is 12.8 Å². The number of ether oxygens (including phenoxy) is 2. The predicted octanol–water partition coefficient (Wildman–Crippen LogP) is 5.20. The molecule has 0 aliphatic rings. The van der Waals surface area contributed by atoms with E-state index in [1.807, 2.05) is 0 Å². The second-order valence-electron chi connectivity index (χ2n) is 9.10. The number of hydrogen-bond acceptors (Lipinski definition) is 5. The second-order valence-corrected chi connectivity index (χ2v) is 21.6. The molecule has 0 aromatic heterocycles. The van der Waals surface area contributed by atoms with Crippen LogP contribution in [0.2, 0.25) is 51.4 Å². The van der Waals surface area contributed by atoms with E-state index in [1.165, 1.54) is 6.08 Å². The van der Waals surface area contributed by atoms with Gasteiger partial charge in [0.25, 0.3) is 0 Å². The van der Waals surface area contributed by atoms with E-state index in [2.05, 4.69) is 45.9 Å². The third-order valence-corrected chi connectivity index (χ3v) is 15.8. The van der Waals surface area contributed by atoms with Crippen molar-refractivity contribution < 1.29 is 27.2 Å². The summed E-state index contributed by atoms with van der Waals surface area (Å²) in [5, 5.41) is 9.66. The topological polar surface area (TPSA) is 57.2 Å². The van der Waals surface area contributed by atoms with Crippen molar-refractivity contribution in [1.82, 2.24) is 0 Å². The van der Waals surface area contributed by atoms with Crippen LogP contribution in [0.3, 0.4) is 0 Å². The molecule has 0 radical (unpaired) electrons. The lowest BCUT2D eigenvalue weighted by Crippen LogP contribution is -2.52. The van der Waals surface area contributed by atoms with Gasteiger partial charge >= 0.3 is 8.56 Å². The van der Waals surface area contributed by atoms with Crippen molar-refractivity contribution in [3.05, 3.63) is 12.7 Å². The van der Waals surface area contributed by atoms with E-state index in [4.69, 9.17) is 17.7 Å². The van der Waals surface area contributed by atoms with Crippen molar-refractivity contribution in [2.75, 3.05) is 26.9 Å². The Labute approximate surface area is 175 Å². The predicted molar refractivity (Wildman–Crippen MR) is 122 cm³/mol. The average molecular weight is 455 g/mol. The number of aliphatic hydroxyl groups is 1. The lowest BCUT2D eigenvalue weighted by molar-refractivity contribution is -0.0913. The first-order chi connectivity index (χ1) is 12.7. The summed E-state index contributed by atoms with van der Waals surface area (Å²) in [5.41, 5.74) is 0. The normalized spacial score (nSPS) is 15.5. The number of hydrogen-bond donors (Lipinski definition) is 1. The maximum Gasteiger partial charge on any atom is 0.311 e. The molecule has 1 atom stereocenters. The molecule has 0 aliphatic heterocycles. The van der Waals surface area contributed by atoms with Crippen LogP contribution in [0.5, 0.6) is 0 Å². The van der Waals surface area contributed by atoms with Crippen LogP contribution in [0.1, 0.15) is 25.7 Å². The number of halogens is 1. The Kier molecular flexibility index (Phi) is 12.8. The third-order valence-electron chi connectivity index (χ3n) is 4.34. The molecule has 0 aromatic carbocycles. The SMILES string of the molecule is C=CCC(O)(F)CCC[Si](C)(C)O[Si](C)(C)O[Si](C)(C)CCCOCCOC. The second kappa shape index (κ2) is 12.7. The molecule has 1 N–H and O–H groups in total. The smallest absolute Gasteiger partial charge is 0.311 e. The van der Waals surface area contributed by atoms with Crippen LogP contribution in [0, 0.1) is 0 Å². The highest BCUT2D eigenvalue weighted by Gasteiger charge is 2.39. The van der Waals surface area contributed by atoms with Crippen molar-refractivity contribution in [2.24, 2.45) is 0 Å². The number of methoxy groups -OCH3 is 1. The third kappa shape index (κ3) is 15.0. The van der Waals surface area contributed by atoms with Crippen LogP contribution >= 0.6 is 0 Å². The Morgan fingerprint density at radius 1 is 0.929 bits per heavy atom. The summed E-state index contributed by atoms with van der Waals surface area (Å²) < 4.78 is 37.4. The van der Waals surface area contributed by atoms with E-state index in [9.17, 15) is 9.50 Å². The zero-order chi connectivity index (χ0) is 21.9. The minimum atomic E-state index is -2.28. The van der Waals surface area contributed by atoms with Crippen LogP contribution in [-0.2, 0) is 17.7 Å². The molecule has 5 nitrogen and oxygen atoms in total. The quantitative estimate of drug-likeness (QED) is 0.186. The Morgan fingerprint density at radius 3 is 1.96 bits per heavy atom. The lowest BCUT2D eigenvalue weighted by Gasteiger charge is -2.39. The Balaban J connectivity index is 4.40. The largest absolute Gasteiger partial charge is 0.437 e. The molecule has 0 amide bonds. The minimum absolute atomic E-state index is 0.0336. The van der Waals surface area contributed by atoms with Crippen LogP contribution < -0.4 is 0 Å². The van der Waals surface area contributed by atoms with Gasteiger partial charge in [0, 0.05) is 26.6 Å². The van der Waals surface area contributed by atoms with Crippen LogP contribution in [-0.4, -0.2) is 63.1 Å². The number of rotatable bonds is 17. The van der Waals surface area contributed by atoms with Gasteiger partial charge < -0.3 is 22.8 Å². The molecular weight excluding hydrogens is 411 g/mol. The summed E-state index contributed by atoms with van der Waals surface area (Å²) >= 11 is 0. The van der Waals surface area contributed by atoms with Gasteiger partial charge in [0.1, 0.15) is 0 Å². The Hall–Kier alpha value is 0.121. The summed E-state index contributed by atoms with van der Waals surface area (Å²) in [6.45, 7) is 18.4. The zero-order valence-electron chi connectivity index (χ0n) is 19.1. The van der Waals surface area contributed by atoms with Gasteiger partial charge in [0.2, 0.25) is 5.85 Å². The molecule has 0 saturated heterocycles. The molecule has 0 spiro atoms. The highest BCUT2D eigenvalue weighted by atomic mass is 28.5. The molecule has 0 aromatic rings. The molecule has 0 aliphatic carbocycles. The fraction of sp³-hybridized carbons (Fsp3) is 0.895. The standard InChI is InChI=1S/C19H43FO5Si3/c1-9-12-19(20,21)13-10-17-26(3,4)24-28(7,8)25-27(5,6)18-11-14-23-16-15-22-2/h9,21H,1,10-18H2,2-8H3. The molecule has 0 rings (SSSR count). The fourth-order valence-corrected chi connectivity index (χ4v) is 17.4. The maximum atomic E-state index is 13.9. The monoisotopic (exact) mass is 454 g/mol. The molecule has 9 heteroatoms. The van der Waals surface area contributed by atoms with E-state index in [1.54, 1.807) is 7.11 Å². The molecule has 0 heterocycles. The van der Waals surface area contributed by atoms with Crippen LogP contribution in [0.25, 0.3) is 0 Å². The van der Waals surface area contributed by atoms with Crippen LogP contribution in [0.4, 0.5) is 4.39 Å². The van der Waals surface area contributed by atoms with E-state index < -0.39 is 31.1 Å². The van der Waals surface area contributed by atoms with Gasteiger partial charge in [0.05, 0.1) is 13.2 Å². The van der Waals surface area contributed by atoms with Crippen molar-refractivity contribution in [3.8, 4) is 0 Å². The van der Waals surface area contributed by atoms with E-state index >= 15 is 0 Å². The van der Waals surface area contributed by atoms with Gasteiger partial charge in [-0.05, 0) is 64.2 Å². The van der Waals surface area contributed by atoms with Gasteiger partial charge in [-0.3, -0.25) is 0 Å². The fourth-order valence-electron chi connectivity index (χ4n) is 3.41. The van der Waals surface area contributed by atoms with Crippen molar-refractivity contribution >= 4 is 25.2 Å². The molecule has 0 bridgehead atoms. The summed E-state index contributed by atoms with van der Waals surface area (Å²) in [5.74, 6) is -2.16. The Morgan fingerprint density at radius 2 is 1.46 bits per heavy atom. The summed E-state index contributed by atoms with van der Waals surface area (Å²) in [6.07, 6.45) is 3.08. The minimum Gasteiger partial charge on any atom is -0.437 e. The first kappa shape index (κ1) is 28.1. The average Bonchev–Trinajstić information content (AvgIpc) is 2.47. The molecule has 0 saturated carbocycles. The zero-order valence-corrected chi connectivity index (χ0v) is 22.1. The summed E-state index contributed by atoms with van der Waals surface area (Å²) in [7, 11) is -4.45. The lowest BCUT2D eigenvalue weighted by atomic mass is 10.1. The van der Waals surface area contributed by atoms with Gasteiger partial charge in [-0.25, -0.2) is 4.39 Å². The Bertz CT molecular complexity index is 445. The summed E-state index contributed by atoms with van der Waals surface area (Å²) in [6, 6.07) is 1.82. The highest BCUT2D eigenvalue weighted by molar-refractivity contribution is 6.87. The van der Waals surface area contributed by atoms with Gasteiger partial charge in [-0.2, -0.15) is 0 Å². The highest BCUT2D eigenvalue weighted by Crippen LogP contribution is 2.28. The number of alkyl halides is 1. The van der Waals surface area contributed by atoms with E-state index in [0.29, 0.717) is 19.6 Å². The van der Waals surface area contributed by atoms with Gasteiger partial charge in [-0.15, -0.1) is 6.58 Å². The molecule has 1 unspecified atom stereocenters. The first-order valence-corrected chi connectivity index (χ1v) is 19.3. The van der Waals surface area contributed by atoms with Gasteiger partial charge in [-0.1, -0.05) is 6.08 Å². The van der Waals surface area contributed by atoms with Crippen molar-refractivity contribution in [1.29, 1.82) is 0 Å². The van der Waals surface area contributed by atoms with Gasteiger partial charge in [0.15, 0.2) is 16.6 Å². The first-order valence-electron chi connectivity index (χ1n) is 10.2. The molecular formula is C19H43FO5Si3.